The fraction of sp³-hybridized carbons (Fsp3) is 0.455. The lowest BCUT2D eigenvalue weighted by Crippen LogP contribution is -2.44. The first-order chi connectivity index (χ1) is 8.37. The number of alkyl halides is 3. The molecule has 0 aliphatic carbocycles. The van der Waals surface area contributed by atoms with Crippen LogP contribution in [0.25, 0.3) is 0 Å². The Morgan fingerprint density at radius 3 is 2.39 bits per heavy atom. The maximum Gasteiger partial charge on any atom is 0.416 e. The molecule has 1 aliphatic rings. The highest BCUT2D eigenvalue weighted by atomic mass is 19.4. The molecule has 1 aromatic carbocycles. The quantitative estimate of drug-likeness (QED) is 0.817. The van der Waals surface area contributed by atoms with E-state index in [9.17, 15) is 13.2 Å². The minimum atomic E-state index is -4.34. The summed E-state index contributed by atoms with van der Waals surface area (Å²) < 4.78 is 42.6. The van der Waals surface area contributed by atoms with Crippen LogP contribution in [0, 0.1) is 0 Å². The van der Waals surface area contributed by atoms with E-state index in [1.165, 1.54) is 24.3 Å². The van der Waals surface area contributed by atoms with Crippen LogP contribution in [-0.2, 0) is 10.9 Å². The third kappa shape index (κ3) is 2.17. The van der Waals surface area contributed by atoms with Crippen LogP contribution in [0.3, 0.4) is 0 Å². The highest BCUT2D eigenvalue weighted by Gasteiger charge is 2.37. The molecular weight excluding hydrogens is 247 g/mol. The van der Waals surface area contributed by atoms with Gasteiger partial charge >= 0.3 is 6.18 Å². The van der Waals surface area contributed by atoms with Gasteiger partial charge in [0, 0.05) is 7.11 Å². The standard InChI is InChI=1S/C11H12F3N3O/c1-10(18-2)7-15-16-17(10)9-5-3-8(4-6-9)11(12,13)14/h3-6H,7H2,1-2H3. The van der Waals surface area contributed by atoms with Crippen LogP contribution < -0.4 is 5.01 Å². The van der Waals surface area contributed by atoms with Crippen molar-refractivity contribution < 1.29 is 17.9 Å². The zero-order chi connectivity index (χ0) is 13.4. The summed E-state index contributed by atoms with van der Waals surface area (Å²) in [6.45, 7) is 2.11. The van der Waals surface area contributed by atoms with Crippen LogP contribution >= 0.6 is 0 Å². The van der Waals surface area contributed by atoms with Crippen LogP contribution in [0.5, 0.6) is 0 Å². The van der Waals surface area contributed by atoms with Crippen LogP contribution in [-0.4, -0.2) is 19.4 Å². The molecule has 0 aromatic heterocycles. The molecule has 0 fully saturated rings. The number of methoxy groups -OCH3 is 1. The molecular formula is C11H12F3N3O. The van der Waals surface area contributed by atoms with Crippen LogP contribution in [0.1, 0.15) is 12.5 Å². The summed E-state index contributed by atoms with van der Waals surface area (Å²) in [6.07, 6.45) is -4.34. The van der Waals surface area contributed by atoms with Gasteiger partial charge in [-0.3, -0.25) is 0 Å². The van der Waals surface area contributed by atoms with Crippen LogP contribution in [0.15, 0.2) is 34.6 Å². The number of anilines is 1. The Bertz CT molecular complexity index is 458. The molecule has 1 aliphatic heterocycles. The van der Waals surface area contributed by atoms with Gasteiger partial charge in [0.15, 0.2) is 5.72 Å². The zero-order valence-electron chi connectivity index (χ0n) is 9.90. The van der Waals surface area contributed by atoms with E-state index in [0.717, 1.165) is 12.1 Å². The van der Waals surface area contributed by atoms with Crippen molar-refractivity contribution in [3.8, 4) is 0 Å². The van der Waals surface area contributed by atoms with Gasteiger partial charge < -0.3 is 4.74 Å². The van der Waals surface area contributed by atoms with Gasteiger partial charge in [0.05, 0.1) is 11.3 Å². The molecule has 2 rings (SSSR count). The van der Waals surface area contributed by atoms with E-state index in [1.807, 2.05) is 0 Å². The summed E-state index contributed by atoms with van der Waals surface area (Å²) in [5.74, 6) is 0. The third-order valence-electron chi connectivity index (χ3n) is 2.84. The molecule has 0 saturated heterocycles. The van der Waals surface area contributed by atoms with E-state index in [4.69, 9.17) is 4.74 Å². The fourth-order valence-corrected chi connectivity index (χ4v) is 1.66. The lowest BCUT2D eigenvalue weighted by atomic mass is 10.1. The first kappa shape index (κ1) is 12.8. The van der Waals surface area contributed by atoms with Gasteiger partial charge in [0.2, 0.25) is 0 Å². The van der Waals surface area contributed by atoms with Crippen LogP contribution in [0.4, 0.5) is 18.9 Å². The summed E-state index contributed by atoms with van der Waals surface area (Å²) >= 11 is 0. The van der Waals surface area contributed by atoms with Crippen molar-refractivity contribution in [2.45, 2.75) is 18.8 Å². The van der Waals surface area contributed by atoms with Gasteiger partial charge in [0.25, 0.3) is 0 Å². The maximum atomic E-state index is 12.4. The minimum Gasteiger partial charge on any atom is -0.355 e. The average Bonchev–Trinajstić information content (AvgIpc) is 2.71. The van der Waals surface area contributed by atoms with Crippen molar-refractivity contribution in [1.29, 1.82) is 0 Å². The van der Waals surface area contributed by atoms with Gasteiger partial charge in [-0.2, -0.15) is 18.3 Å². The van der Waals surface area contributed by atoms with Crippen molar-refractivity contribution in [2.75, 3.05) is 18.7 Å². The number of rotatable bonds is 2. The second-order valence-electron chi connectivity index (χ2n) is 4.12. The summed E-state index contributed by atoms with van der Waals surface area (Å²) in [6, 6.07) is 4.73. The Balaban J connectivity index is 2.28. The number of ether oxygens (including phenoxy) is 1. The smallest absolute Gasteiger partial charge is 0.355 e. The Morgan fingerprint density at radius 2 is 1.89 bits per heavy atom. The maximum absolute atomic E-state index is 12.4. The molecule has 7 heteroatoms. The predicted molar refractivity (Wildman–Crippen MR) is 59.1 cm³/mol. The van der Waals surface area contributed by atoms with E-state index in [-0.39, 0.29) is 0 Å². The highest BCUT2D eigenvalue weighted by molar-refractivity contribution is 5.49. The summed E-state index contributed by atoms with van der Waals surface area (Å²) in [5.41, 5.74) is -0.935. The number of halogens is 3. The Hall–Kier alpha value is -1.63. The molecule has 1 aromatic rings. The molecule has 4 nitrogen and oxygen atoms in total. The molecule has 98 valence electrons. The third-order valence-corrected chi connectivity index (χ3v) is 2.84. The second-order valence-corrected chi connectivity index (χ2v) is 4.12. The number of nitrogens with zero attached hydrogens (tertiary/aromatic N) is 3. The van der Waals surface area contributed by atoms with Crippen molar-refractivity contribution in [2.24, 2.45) is 10.3 Å². The molecule has 0 saturated carbocycles. The summed E-state index contributed by atoms with van der Waals surface area (Å²) in [7, 11) is 1.51. The molecule has 0 radical (unpaired) electrons. The van der Waals surface area contributed by atoms with Gasteiger partial charge in [-0.25, -0.2) is 5.01 Å². The second kappa shape index (κ2) is 4.24. The molecule has 18 heavy (non-hydrogen) atoms. The summed E-state index contributed by atoms with van der Waals surface area (Å²) in [4.78, 5) is 0. The van der Waals surface area contributed by atoms with E-state index in [1.54, 1.807) is 6.92 Å². The van der Waals surface area contributed by atoms with Gasteiger partial charge in [-0.15, -0.1) is 0 Å². The average molecular weight is 259 g/mol. The molecule has 0 N–H and O–H groups in total. The number of benzene rings is 1. The van der Waals surface area contributed by atoms with E-state index >= 15 is 0 Å². The molecule has 1 heterocycles. The monoisotopic (exact) mass is 259 g/mol. The Kier molecular flexibility index (Phi) is 3.02. The predicted octanol–water partition coefficient (Wildman–Crippen LogP) is 3.26. The van der Waals surface area contributed by atoms with Crippen molar-refractivity contribution >= 4 is 5.69 Å². The van der Waals surface area contributed by atoms with Crippen molar-refractivity contribution in [3.05, 3.63) is 29.8 Å². The zero-order valence-corrected chi connectivity index (χ0v) is 9.90. The minimum absolute atomic E-state index is 0.338. The number of hydrogen-bond acceptors (Lipinski definition) is 4. The lowest BCUT2D eigenvalue weighted by molar-refractivity contribution is -0.137. The Labute approximate surface area is 102 Å². The lowest BCUT2D eigenvalue weighted by Gasteiger charge is -2.30. The van der Waals surface area contributed by atoms with Gasteiger partial charge in [-0.05, 0) is 31.2 Å². The van der Waals surface area contributed by atoms with E-state index in [2.05, 4.69) is 10.3 Å². The first-order valence-corrected chi connectivity index (χ1v) is 5.27. The largest absolute Gasteiger partial charge is 0.416 e. The normalized spacial score (nSPS) is 23.7. The van der Waals surface area contributed by atoms with Gasteiger partial charge in [-0.1, -0.05) is 5.22 Å². The van der Waals surface area contributed by atoms with E-state index in [0.29, 0.717) is 12.2 Å². The van der Waals surface area contributed by atoms with Crippen molar-refractivity contribution in [1.82, 2.24) is 0 Å². The van der Waals surface area contributed by atoms with Crippen molar-refractivity contribution in [3.63, 3.8) is 0 Å². The molecule has 1 atom stereocenters. The van der Waals surface area contributed by atoms with Crippen LogP contribution in [0.2, 0.25) is 0 Å². The first-order valence-electron chi connectivity index (χ1n) is 5.27. The SMILES string of the molecule is COC1(C)CN=NN1c1ccc(C(F)(F)F)cc1. The number of hydrogen-bond donors (Lipinski definition) is 0. The Morgan fingerprint density at radius 1 is 1.28 bits per heavy atom. The molecule has 0 amide bonds. The highest BCUT2D eigenvalue weighted by Crippen LogP contribution is 2.34. The molecule has 0 bridgehead atoms. The topological polar surface area (TPSA) is 37.2 Å². The fourth-order valence-electron chi connectivity index (χ4n) is 1.66. The van der Waals surface area contributed by atoms with E-state index < -0.39 is 17.5 Å². The molecule has 1 unspecified atom stereocenters. The van der Waals surface area contributed by atoms with Gasteiger partial charge in [0.1, 0.15) is 6.54 Å². The molecule has 0 spiro atoms. The summed E-state index contributed by atoms with van der Waals surface area (Å²) in [5, 5.41) is 9.18.